The lowest BCUT2D eigenvalue weighted by Gasteiger charge is -2.19. The van der Waals surface area contributed by atoms with Gasteiger partial charge >= 0.3 is 0 Å². The second-order valence-corrected chi connectivity index (χ2v) is 7.16. The fourth-order valence-corrected chi connectivity index (χ4v) is 3.34. The molecule has 4 aromatic rings. The lowest BCUT2D eigenvalue weighted by Crippen LogP contribution is -2.13. The summed E-state index contributed by atoms with van der Waals surface area (Å²) in [5.41, 5.74) is 2.41. The summed E-state index contributed by atoms with van der Waals surface area (Å²) in [6, 6.07) is 22.0. The molecule has 0 spiro atoms. The molecule has 3 aromatic carbocycles. The van der Waals surface area contributed by atoms with Gasteiger partial charge < -0.3 is 14.5 Å². The molecular formula is C22H17Cl2N3O2. The second-order valence-electron chi connectivity index (χ2n) is 6.29. The summed E-state index contributed by atoms with van der Waals surface area (Å²) < 4.78 is 11.5. The smallest absolute Gasteiger partial charge is 0.247 e. The van der Waals surface area contributed by atoms with Crippen LogP contribution in [0.4, 0.5) is 5.69 Å². The summed E-state index contributed by atoms with van der Waals surface area (Å²) >= 11 is 12.4. The largest absolute Gasteiger partial charge is 0.495 e. The topological polar surface area (TPSA) is 60.2 Å². The van der Waals surface area contributed by atoms with Gasteiger partial charge in [0, 0.05) is 15.6 Å². The van der Waals surface area contributed by atoms with Gasteiger partial charge in [0.15, 0.2) is 0 Å². The van der Waals surface area contributed by atoms with Gasteiger partial charge in [-0.3, -0.25) is 0 Å². The molecule has 0 saturated carbocycles. The highest BCUT2D eigenvalue weighted by Crippen LogP contribution is 2.34. The van der Waals surface area contributed by atoms with Crippen LogP contribution in [0.25, 0.3) is 11.5 Å². The molecule has 146 valence electrons. The Morgan fingerprint density at radius 1 is 0.897 bits per heavy atom. The van der Waals surface area contributed by atoms with E-state index in [0.717, 1.165) is 11.1 Å². The number of anilines is 1. The van der Waals surface area contributed by atoms with Crippen molar-refractivity contribution in [2.75, 3.05) is 12.4 Å². The van der Waals surface area contributed by atoms with E-state index in [1.165, 1.54) is 0 Å². The average molecular weight is 426 g/mol. The van der Waals surface area contributed by atoms with E-state index in [1.807, 2.05) is 54.6 Å². The van der Waals surface area contributed by atoms with E-state index in [-0.39, 0.29) is 0 Å². The Morgan fingerprint density at radius 2 is 1.69 bits per heavy atom. The van der Waals surface area contributed by atoms with Gasteiger partial charge in [-0.15, -0.1) is 10.2 Å². The van der Waals surface area contributed by atoms with E-state index >= 15 is 0 Å². The summed E-state index contributed by atoms with van der Waals surface area (Å²) in [4.78, 5) is 0. The number of nitrogens with zero attached hydrogens (tertiary/aromatic N) is 2. The Labute approximate surface area is 178 Å². The molecule has 0 aliphatic rings. The zero-order chi connectivity index (χ0) is 20.2. The van der Waals surface area contributed by atoms with E-state index < -0.39 is 6.04 Å². The molecule has 4 rings (SSSR count). The zero-order valence-corrected chi connectivity index (χ0v) is 17.0. The van der Waals surface area contributed by atoms with Gasteiger partial charge in [-0.25, -0.2) is 0 Å². The van der Waals surface area contributed by atoms with E-state index in [0.29, 0.717) is 33.3 Å². The molecule has 1 N–H and O–H groups in total. The van der Waals surface area contributed by atoms with Crippen molar-refractivity contribution in [1.82, 2.24) is 10.2 Å². The number of hydrogen-bond donors (Lipinski definition) is 1. The number of aromatic nitrogens is 2. The van der Waals surface area contributed by atoms with E-state index in [4.69, 9.17) is 32.4 Å². The summed E-state index contributed by atoms with van der Waals surface area (Å²) in [7, 11) is 1.60. The Kier molecular flexibility index (Phi) is 5.69. The van der Waals surface area contributed by atoms with Crippen LogP contribution in [-0.4, -0.2) is 17.3 Å². The Hall–Kier alpha value is -3.02. The lowest BCUT2D eigenvalue weighted by atomic mass is 10.1. The monoisotopic (exact) mass is 425 g/mol. The van der Waals surface area contributed by atoms with Gasteiger partial charge in [0.1, 0.15) is 11.8 Å². The molecule has 0 bridgehead atoms. The van der Waals surface area contributed by atoms with Gasteiger partial charge in [0.25, 0.3) is 0 Å². The standard InChI is InChI=1S/C22H17Cl2N3O2/c1-28-19-11-10-17(24)13-18(19)25-20(15-8-5-9-16(23)12-15)22-27-26-21(29-22)14-6-3-2-4-7-14/h2-13,20,25H,1H3. The molecule has 1 atom stereocenters. The molecular weight excluding hydrogens is 409 g/mol. The van der Waals surface area contributed by atoms with Crippen LogP contribution in [-0.2, 0) is 0 Å². The third-order valence-electron chi connectivity index (χ3n) is 4.35. The molecule has 7 heteroatoms. The summed E-state index contributed by atoms with van der Waals surface area (Å²) in [6.45, 7) is 0. The molecule has 0 radical (unpaired) electrons. The van der Waals surface area contributed by atoms with Crippen LogP contribution in [0.5, 0.6) is 5.75 Å². The normalized spacial score (nSPS) is 11.8. The molecule has 5 nitrogen and oxygen atoms in total. The maximum Gasteiger partial charge on any atom is 0.247 e. The molecule has 0 fully saturated rings. The maximum atomic E-state index is 6.22. The predicted molar refractivity (Wildman–Crippen MR) is 115 cm³/mol. The first-order valence-corrected chi connectivity index (χ1v) is 9.64. The summed E-state index contributed by atoms with van der Waals surface area (Å²) in [5.74, 6) is 1.48. The third kappa shape index (κ3) is 4.36. The van der Waals surface area contributed by atoms with Crippen molar-refractivity contribution in [2.45, 2.75) is 6.04 Å². The first-order chi connectivity index (χ1) is 14.1. The number of benzene rings is 3. The molecule has 0 aliphatic carbocycles. The van der Waals surface area contributed by atoms with Crippen molar-refractivity contribution < 1.29 is 9.15 Å². The number of ether oxygens (including phenoxy) is 1. The van der Waals surface area contributed by atoms with Crippen molar-refractivity contribution >= 4 is 28.9 Å². The zero-order valence-electron chi connectivity index (χ0n) is 15.5. The molecule has 1 unspecified atom stereocenters. The minimum absolute atomic E-state index is 0.396. The molecule has 1 aromatic heterocycles. The summed E-state index contributed by atoms with van der Waals surface area (Å²) in [5, 5.41) is 13.1. The molecule has 29 heavy (non-hydrogen) atoms. The SMILES string of the molecule is COc1ccc(Cl)cc1NC(c1cccc(Cl)c1)c1nnc(-c2ccccc2)o1. The van der Waals surface area contributed by atoms with Gasteiger partial charge in [0.2, 0.25) is 11.8 Å². The highest BCUT2D eigenvalue weighted by molar-refractivity contribution is 6.31. The maximum absolute atomic E-state index is 6.22. The van der Waals surface area contributed by atoms with Crippen LogP contribution in [0.15, 0.2) is 77.2 Å². The third-order valence-corrected chi connectivity index (χ3v) is 4.82. The van der Waals surface area contributed by atoms with Crippen molar-refractivity contribution in [3.63, 3.8) is 0 Å². The van der Waals surface area contributed by atoms with Gasteiger partial charge in [-0.1, -0.05) is 53.5 Å². The van der Waals surface area contributed by atoms with Crippen molar-refractivity contribution in [1.29, 1.82) is 0 Å². The molecule has 0 amide bonds. The predicted octanol–water partition coefficient (Wildman–Crippen LogP) is 6.25. The van der Waals surface area contributed by atoms with E-state index in [9.17, 15) is 0 Å². The highest BCUT2D eigenvalue weighted by atomic mass is 35.5. The van der Waals surface area contributed by atoms with Crippen molar-refractivity contribution in [3.05, 3.63) is 94.3 Å². The number of hydrogen-bond acceptors (Lipinski definition) is 5. The first kappa shape index (κ1) is 19.3. The van der Waals surface area contributed by atoms with Gasteiger partial charge in [-0.05, 0) is 48.0 Å². The number of methoxy groups -OCH3 is 1. The number of halogens is 2. The minimum Gasteiger partial charge on any atom is -0.495 e. The van der Waals surface area contributed by atoms with Crippen molar-refractivity contribution in [3.8, 4) is 17.2 Å². The molecule has 1 heterocycles. The number of nitrogens with one attached hydrogen (secondary N) is 1. The van der Waals surface area contributed by atoms with Crippen LogP contribution in [0.3, 0.4) is 0 Å². The van der Waals surface area contributed by atoms with Crippen LogP contribution in [0.2, 0.25) is 10.0 Å². The van der Waals surface area contributed by atoms with Crippen LogP contribution in [0, 0.1) is 0 Å². The van der Waals surface area contributed by atoms with Gasteiger partial charge in [0.05, 0.1) is 12.8 Å². The highest BCUT2D eigenvalue weighted by Gasteiger charge is 2.23. The van der Waals surface area contributed by atoms with Gasteiger partial charge in [-0.2, -0.15) is 0 Å². The fraction of sp³-hybridized carbons (Fsp3) is 0.0909. The fourth-order valence-electron chi connectivity index (χ4n) is 2.97. The minimum atomic E-state index is -0.453. The first-order valence-electron chi connectivity index (χ1n) is 8.88. The number of rotatable bonds is 6. The van der Waals surface area contributed by atoms with Crippen LogP contribution in [0.1, 0.15) is 17.5 Å². The summed E-state index contributed by atoms with van der Waals surface area (Å²) in [6.07, 6.45) is 0. The lowest BCUT2D eigenvalue weighted by molar-refractivity contribution is 0.415. The van der Waals surface area contributed by atoms with Crippen molar-refractivity contribution in [2.24, 2.45) is 0 Å². The van der Waals surface area contributed by atoms with E-state index in [1.54, 1.807) is 25.3 Å². The quantitative estimate of drug-likeness (QED) is 0.395. The Balaban J connectivity index is 1.76. The average Bonchev–Trinajstić information content (AvgIpc) is 3.23. The molecule has 0 aliphatic heterocycles. The molecule has 0 saturated heterocycles. The Morgan fingerprint density at radius 3 is 2.45 bits per heavy atom. The van der Waals surface area contributed by atoms with Crippen LogP contribution < -0.4 is 10.1 Å². The van der Waals surface area contributed by atoms with Crippen LogP contribution >= 0.6 is 23.2 Å². The Bertz CT molecular complexity index is 1120. The second kappa shape index (κ2) is 8.55. The van der Waals surface area contributed by atoms with E-state index in [2.05, 4.69) is 15.5 Å².